The van der Waals surface area contributed by atoms with Gasteiger partial charge in [0.05, 0.1) is 0 Å². The standard InChI is InChI=1S/BH3O3.Na.Tb.H/c2-1(3)4;;;/h2-4H;;;. The largest absolute Gasteiger partial charge is 0 e. The Bertz CT molecular complexity index is 15.5. The predicted octanol–water partition coefficient (Wildman–Crippen LogP) is -2.70. The molecule has 0 aromatic carbocycles. The van der Waals surface area contributed by atoms with Gasteiger partial charge in [0.1, 0.15) is 0 Å². The second-order valence-electron chi connectivity index (χ2n) is 0.346. The van der Waals surface area contributed by atoms with Crippen LogP contribution in [0.3, 0.4) is 0 Å². The van der Waals surface area contributed by atoms with E-state index in [1.54, 1.807) is 0 Å². The van der Waals surface area contributed by atoms with Crippen molar-refractivity contribution in [2.45, 2.75) is 0 Å². The average molecular weight is 245 g/mol. The molecule has 0 spiro atoms. The maximum atomic E-state index is 7.17. The summed E-state index contributed by atoms with van der Waals surface area (Å²) in [5.74, 6) is 0. The van der Waals surface area contributed by atoms with Gasteiger partial charge in [-0.3, -0.25) is 0 Å². The van der Waals surface area contributed by atoms with Crippen LogP contribution in [0.4, 0.5) is 0 Å². The van der Waals surface area contributed by atoms with Gasteiger partial charge in [0.2, 0.25) is 0 Å². The van der Waals surface area contributed by atoms with Crippen molar-refractivity contribution in [2.75, 3.05) is 0 Å². The Kier molecular flexibility index (Phi) is 26.9. The van der Waals surface area contributed by atoms with Crippen molar-refractivity contribution in [2.24, 2.45) is 0 Å². The molecule has 35 valence electrons. The van der Waals surface area contributed by atoms with Crippen molar-refractivity contribution in [3.8, 4) is 0 Å². The van der Waals surface area contributed by atoms with Gasteiger partial charge >= 0.3 is 36.9 Å². The Morgan fingerprint density at radius 2 is 1.00 bits per heavy atom. The first-order valence-electron chi connectivity index (χ1n) is 0.775. The van der Waals surface area contributed by atoms with Crippen LogP contribution in [0.2, 0.25) is 0 Å². The molecule has 6 heavy (non-hydrogen) atoms. The monoisotopic (exact) mass is 245 g/mol. The summed E-state index contributed by atoms with van der Waals surface area (Å²) in [6, 6.07) is 0. The van der Waals surface area contributed by atoms with Gasteiger partial charge in [0.25, 0.3) is 0 Å². The van der Waals surface area contributed by atoms with E-state index in [0.717, 1.165) is 0 Å². The van der Waals surface area contributed by atoms with Crippen LogP contribution >= 0.6 is 0 Å². The van der Waals surface area contributed by atoms with Gasteiger partial charge in [-0.1, -0.05) is 0 Å². The van der Waals surface area contributed by atoms with Gasteiger partial charge in [-0.2, -0.15) is 0 Å². The molecule has 0 amide bonds. The Morgan fingerprint density at radius 1 is 1.00 bits per heavy atom. The van der Waals surface area contributed by atoms with E-state index < -0.39 is 7.32 Å². The quantitative estimate of drug-likeness (QED) is 0.407. The molecular formula is H4BNaO3Tb. The first-order valence-corrected chi connectivity index (χ1v) is 0.775. The molecule has 1 radical (unpaired) electrons. The molecule has 6 heteroatoms. The predicted molar refractivity (Wildman–Crippen MR) is 19.6 cm³/mol. The summed E-state index contributed by atoms with van der Waals surface area (Å²) in [6.45, 7) is 0. The number of hydrogen-bond donors (Lipinski definition) is 3. The fourth-order valence-electron chi connectivity index (χ4n) is 0. The molecule has 0 fully saturated rings. The third-order valence-corrected chi connectivity index (χ3v) is 0. The Labute approximate surface area is 89.0 Å². The van der Waals surface area contributed by atoms with E-state index in [2.05, 4.69) is 0 Å². The summed E-state index contributed by atoms with van der Waals surface area (Å²) in [4.78, 5) is 0. The minimum absolute atomic E-state index is 0. The first kappa shape index (κ1) is 15.7. The van der Waals surface area contributed by atoms with Crippen LogP contribution in [0, 0.1) is 38.6 Å². The molecule has 0 unspecified atom stereocenters. The topological polar surface area (TPSA) is 60.7 Å². The summed E-state index contributed by atoms with van der Waals surface area (Å²) in [5, 5.41) is 21.5. The van der Waals surface area contributed by atoms with E-state index in [-0.39, 0.29) is 68.2 Å². The van der Waals surface area contributed by atoms with Crippen molar-refractivity contribution < 1.29 is 53.7 Å². The van der Waals surface area contributed by atoms with Gasteiger partial charge < -0.3 is 15.1 Å². The SMILES string of the molecule is OB(O)O.[NaH].[Tb]. The van der Waals surface area contributed by atoms with E-state index in [0.29, 0.717) is 0 Å². The zero-order valence-electron chi connectivity index (χ0n) is 2.25. The van der Waals surface area contributed by atoms with E-state index in [1.165, 1.54) is 0 Å². The van der Waals surface area contributed by atoms with Crippen LogP contribution < -0.4 is 0 Å². The third kappa shape index (κ3) is 34.3. The maximum Gasteiger partial charge on any atom is 0 e. The van der Waals surface area contributed by atoms with Crippen molar-refractivity contribution in [1.82, 2.24) is 0 Å². The molecule has 3 nitrogen and oxygen atoms in total. The van der Waals surface area contributed by atoms with Crippen LogP contribution in [0.15, 0.2) is 0 Å². The van der Waals surface area contributed by atoms with Crippen molar-refractivity contribution in [1.29, 1.82) is 0 Å². The van der Waals surface area contributed by atoms with E-state index in [4.69, 9.17) is 15.1 Å². The van der Waals surface area contributed by atoms with E-state index in [1.807, 2.05) is 0 Å². The van der Waals surface area contributed by atoms with Gasteiger partial charge in [-0.25, -0.2) is 0 Å². The average Bonchev–Trinajstić information content (AvgIpc) is 0.811. The van der Waals surface area contributed by atoms with Crippen LogP contribution in [-0.4, -0.2) is 52.0 Å². The third-order valence-electron chi connectivity index (χ3n) is 0. The molecular weight excluding hydrogens is 241 g/mol. The Hall–Kier alpha value is 2.23. The zero-order chi connectivity index (χ0) is 3.58. The molecule has 0 saturated carbocycles. The molecule has 0 aliphatic heterocycles. The first-order chi connectivity index (χ1) is 1.73. The molecule has 0 heterocycles. The van der Waals surface area contributed by atoms with Gasteiger partial charge in [-0.15, -0.1) is 0 Å². The van der Waals surface area contributed by atoms with Crippen LogP contribution in [-0.2, 0) is 0 Å². The Balaban J connectivity index is -0.0000000450. The smallest absolute Gasteiger partial charge is 0 e. The molecule has 0 rings (SSSR count). The summed E-state index contributed by atoms with van der Waals surface area (Å²) < 4.78 is 0. The van der Waals surface area contributed by atoms with E-state index >= 15 is 0 Å². The fourth-order valence-corrected chi connectivity index (χ4v) is 0. The van der Waals surface area contributed by atoms with Gasteiger partial charge in [0.15, 0.2) is 0 Å². The summed E-state index contributed by atoms with van der Waals surface area (Å²) >= 11 is 0. The summed E-state index contributed by atoms with van der Waals surface area (Å²) in [6.07, 6.45) is 0. The number of rotatable bonds is 0. The summed E-state index contributed by atoms with van der Waals surface area (Å²) in [5.41, 5.74) is 0. The van der Waals surface area contributed by atoms with Crippen molar-refractivity contribution in [3.05, 3.63) is 0 Å². The normalized spacial score (nSPS) is 4.50. The molecule has 0 saturated heterocycles. The van der Waals surface area contributed by atoms with Crippen molar-refractivity contribution >= 4 is 36.9 Å². The summed E-state index contributed by atoms with van der Waals surface area (Å²) in [7, 11) is -2.17. The van der Waals surface area contributed by atoms with Crippen LogP contribution in [0.25, 0.3) is 0 Å². The molecule has 0 aromatic rings. The second-order valence-corrected chi connectivity index (χ2v) is 0.346. The number of hydrogen-bond acceptors (Lipinski definition) is 3. The minimum atomic E-state index is -2.17. The molecule has 0 aliphatic carbocycles. The molecule has 3 N–H and O–H groups in total. The van der Waals surface area contributed by atoms with Crippen molar-refractivity contribution in [3.63, 3.8) is 0 Å². The van der Waals surface area contributed by atoms with Gasteiger partial charge in [0, 0.05) is 38.6 Å². The van der Waals surface area contributed by atoms with Crippen LogP contribution in [0.1, 0.15) is 0 Å². The zero-order valence-corrected chi connectivity index (χ0v) is 4.39. The maximum absolute atomic E-state index is 7.17. The second kappa shape index (κ2) is 10.3. The Morgan fingerprint density at radius 3 is 1.00 bits per heavy atom. The molecule has 0 bridgehead atoms. The van der Waals surface area contributed by atoms with Crippen LogP contribution in [0.5, 0.6) is 0 Å². The molecule has 0 atom stereocenters. The van der Waals surface area contributed by atoms with Gasteiger partial charge in [-0.05, 0) is 0 Å². The minimum Gasteiger partial charge on any atom is 0 e. The fraction of sp³-hybridized carbons (Fsp3) is 0. The van der Waals surface area contributed by atoms with E-state index in [9.17, 15) is 0 Å². The molecule has 0 aromatic heterocycles. The molecule has 0 aliphatic rings.